The highest BCUT2D eigenvalue weighted by Crippen LogP contribution is 2.35. The minimum Gasteiger partial charge on any atom is -0.280 e. The minimum atomic E-state index is -3.94. The van der Waals surface area contributed by atoms with Crippen molar-refractivity contribution in [2.45, 2.75) is 9.79 Å². The molecule has 1 N–H and O–H groups in total. The molecule has 0 saturated heterocycles. The largest absolute Gasteiger partial charge is 0.280 e. The minimum absolute atomic E-state index is 0.0112. The van der Waals surface area contributed by atoms with Gasteiger partial charge in [-0.1, -0.05) is 29.3 Å². The van der Waals surface area contributed by atoms with Crippen LogP contribution in [0, 0.1) is 0 Å². The number of halogens is 2. The highest BCUT2D eigenvalue weighted by atomic mass is 35.5. The lowest BCUT2D eigenvalue weighted by Gasteiger charge is -2.08. The van der Waals surface area contributed by atoms with E-state index in [0.717, 1.165) is 17.6 Å². The van der Waals surface area contributed by atoms with Gasteiger partial charge >= 0.3 is 0 Å². The summed E-state index contributed by atoms with van der Waals surface area (Å²) in [6.07, 6.45) is 1.04. The van der Waals surface area contributed by atoms with E-state index in [1.807, 2.05) is 0 Å². The molecule has 10 heteroatoms. The molecular weight excluding hydrogens is 377 g/mol. The van der Waals surface area contributed by atoms with E-state index < -0.39 is 19.9 Å². The van der Waals surface area contributed by atoms with E-state index in [-0.39, 0.29) is 24.2 Å². The number of rotatable bonds is 4. The van der Waals surface area contributed by atoms with Crippen LogP contribution in [0.25, 0.3) is 0 Å². The maximum Gasteiger partial charge on any atom is 0.264 e. The summed E-state index contributed by atoms with van der Waals surface area (Å²) in [6, 6.07) is 6.72. The summed E-state index contributed by atoms with van der Waals surface area (Å²) in [4.78, 5) is -0.138. The Kier molecular flexibility index (Phi) is 4.55. The maximum atomic E-state index is 12.2. The smallest absolute Gasteiger partial charge is 0.264 e. The van der Waals surface area contributed by atoms with Gasteiger partial charge in [0.25, 0.3) is 10.0 Å². The third kappa shape index (κ3) is 3.89. The van der Waals surface area contributed by atoms with Gasteiger partial charge < -0.3 is 0 Å². The first-order valence-electron chi connectivity index (χ1n) is 5.37. The normalized spacial score (nSPS) is 12.3. The summed E-state index contributed by atoms with van der Waals surface area (Å²) in [5.74, 6) is 0. The fraction of sp³-hybridized carbons (Fsp3) is 0.0909. The fourth-order valence-electron chi connectivity index (χ4n) is 1.51. The number of sulfonamides is 1. The molecule has 0 unspecified atom stereocenters. The van der Waals surface area contributed by atoms with Crippen molar-refractivity contribution in [2.24, 2.45) is 0 Å². The fourth-order valence-corrected chi connectivity index (χ4v) is 5.38. The van der Waals surface area contributed by atoms with Crippen LogP contribution in [0.4, 0.5) is 5.69 Å². The number of thiophene rings is 1. The third-order valence-electron chi connectivity index (χ3n) is 2.43. The first-order chi connectivity index (χ1) is 9.59. The molecule has 1 heterocycles. The molecule has 1 aromatic heterocycles. The van der Waals surface area contributed by atoms with Crippen LogP contribution in [-0.4, -0.2) is 23.1 Å². The van der Waals surface area contributed by atoms with Crippen LogP contribution in [-0.2, 0) is 19.9 Å². The van der Waals surface area contributed by atoms with Crippen molar-refractivity contribution in [3.8, 4) is 0 Å². The molecule has 2 aromatic rings. The third-order valence-corrected chi connectivity index (χ3v) is 6.67. The van der Waals surface area contributed by atoms with Crippen LogP contribution in [0.2, 0.25) is 8.67 Å². The monoisotopic (exact) mass is 385 g/mol. The van der Waals surface area contributed by atoms with Crippen LogP contribution in [0.3, 0.4) is 0 Å². The van der Waals surface area contributed by atoms with E-state index in [9.17, 15) is 16.8 Å². The molecular formula is C11H9Cl2NO4S3. The number of benzene rings is 1. The summed E-state index contributed by atoms with van der Waals surface area (Å²) in [7, 11) is -7.37. The highest BCUT2D eigenvalue weighted by molar-refractivity contribution is 7.93. The second-order valence-electron chi connectivity index (χ2n) is 4.09. The molecule has 0 amide bonds. The van der Waals surface area contributed by atoms with E-state index in [1.54, 1.807) is 0 Å². The Bertz CT molecular complexity index is 888. The van der Waals surface area contributed by atoms with Crippen LogP contribution in [0.5, 0.6) is 0 Å². The molecule has 0 aliphatic rings. The molecule has 0 spiro atoms. The van der Waals surface area contributed by atoms with Crippen molar-refractivity contribution in [2.75, 3.05) is 11.0 Å². The predicted molar refractivity (Wildman–Crippen MR) is 84.7 cm³/mol. The number of nitrogens with one attached hydrogen (secondary N) is 1. The Morgan fingerprint density at radius 2 is 1.76 bits per heavy atom. The summed E-state index contributed by atoms with van der Waals surface area (Å²) < 4.78 is 49.9. The molecule has 114 valence electrons. The van der Waals surface area contributed by atoms with Gasteiger partial charge in [-0.15, -0.1) is 11.3 Å². The van der Waals surface area contributed by atoms with E-state index in [4.69, 9.17) is 23.2 Å². The SMILES string of the molecule is CS(=O)(=O)c1cccc(NS(=O)(=O)c2cc(Cl)sc2Cl)c1. The van der Waals surface area contributed by atoms with Crippen LogP contribution < -0.4 is 4.72 Å². The van der Waals surface area contributed by atoms with Crippen LogP contribution in [0.15, 0.2) is 40.1 Å². The Hall–Kier alpha value is -0.800. The summed E-state index contributed by atoms with van der Waals surface area (Å²) in [6.45, 7) is 0. The lowest BCUT2D eigenvalue weighted by atomic mass is 10.3. The topological polar surface area (TPSA) is 80.3 Å². The van der Waals surface area contributed by atoms with Gasteiger partial charge in [0.05, 0.1) is 14.9 Å². The van der Waals surface area contributed by atoms with E-state index >= 15 is 0 Å². The summed E-state index contributed by atoms with van der Waals surface area (Å²) in [5, 5.41) is 0. The lowest BCUT2D eigenvalue weighted by Crippen LogP contribution is -2.13. The zero-order valence-corrected chi connectivity index (χ0v) is 14.5. The Morgan fingerprint density at radius 3 is 2.29 bits per heavy atom. The summed E-state index contributed by atoms with van der Waals surface area (Å²) in [5.41, 5.74) is 0.122. The van der Waals surface area contributed by atoms with Gasteiger partial charge in [-0.05, 0) is 24.3 Å². The van der Waals surface area contributed by atoms with Crippen molar-refractivity contribution in [3.63, 3.8) is 0 Å². The quantitative estimate of drug-likeness (QED) is 0.875. The van der Waals surface area contributed by atoms with Gasteiger partial charge in [0.1, 0.15) is 9.23 Å². The zero-order chi connectivity index (χ0) is 15.8. The molecule has 0 bridgehead atoms. The predicted octanol–water partition coefficient (Wildman–Crippen LogP) is 3.26. The first kappa shape index (κ1) is 16.6. The zero-order valence-electron chi connectivity index (χ0n) is 10.5. The van der Waals surface area contributed by atoms with Crippen molar-refractivity contribution in [3.05, 3.63) is 39.0 Å². The average Bonchev–Trinajstić information content (AvgIpc) is 2.68. The molecule has 21 heavy (non-hydrogen) atoms. The molecule has 0 fully saturated rings. The molecule has 5 nitrogen and oxygen atoms in total. The molecule has 0 aliphatic heterocycles. The molecule has 0 aliphatic carbocycles. The maximum absolute atomic E-state index is 12.2. The van der Waals surface area contributed by atoms with Crippen molar-refractivity contribution in [1.29, 1.82) is 0 Å². The first-order valence-corrected chi connectivity index (χ1v) is 10.3. The molecule has 0 atom stereocenters. The van der Waals surface area contributed by atoms with Crippen LogP contribution >= 0.6 is 34.5 Å². The average molecular weight is 386 g/mol. The number of anilines is 1. The lowest BCUT2D eigenvalue weighted by molar-refractivity contribution is 0.599. The summed E-state index contributed by atoms with van der Waals surface area (Å²) >= 11 is 12.5. The Labute approximate surface area is 136 Å². The van der Waals surface area contributed by atoms with E-state index in [1.165, 1.54) is 30.3 Å². The molecule has 0 saturated carbocycles. The van der Waals surface area contributed by atoms with E-state index in [0.29, 0.717) is 0 Å². The van der Waals surface area contributed by atoms with Crippen molar-refractivity contribution in [1.82, 2.24) is 0 Å². The Balaban J connectivity index is 2.40. The number of sulfone groups is 1. The van der Waals surface area contributed by atoms with Crippen molar-refractivity contribution < 1.29 is 16.8 Å². The second-order valence-corrected chi connectivity index (χ2v) is 10.0. The van der Waals surface area contributed by atoms with Crippen molar-refractivity contribution >= 4 is 60.1 Å². The van der Waals surface area contributed by atoms with Gasteiger partial charge in [0, 0.05) is 6.26 Å². The Morgan fingerprint density at radius 1 is 1.10 bits per heavy atom. The molecule has 0 radical (unpaired) electrons. The van der Waals surface area contributed by atoms with Gasteiger partial charge in [-0.2, -0.15) is 0 Å². The van der Waals surface area contributed by atoms with Gasteiger partial charge in [-0.25, -0.2) is 16.8 Å². The van der Waals surface area contributed by atoms with E-state index in [2.05, 4.69) is 4.72 Å². The number of hydrogen-bond donors (Lipinski definition) is 1. The van der Waals surface area contributed by atoms with Gasteiger partial charge in [-0.3, -0.25) is 4.72 Å². The molecule has 1 aromatic carbocycles. The highest BCUT2D eigenvalue weighted by Gasteiger charge is 2.21. The standard InChI is InChI=1S/C11H9Cl2NO4S3/c1-20(15,16)8-4-2-3-7(5-8)14-21(17,18)9-6-10(12)19-11(9)13/h2-6,14H,1H3. The van der Waals surface area contributed by atoms with Crippen LogP contribution in [0.1, 0.15) is 0 Å². The number of hydrogen-bond acceptors (Lipinski definition) is 5. The van der Waals surface area contributed by atoms with Gasteiger partial charge in [0.15, 0.2) is 9.84 Å². The molecule has 2 rings (SSSR count). The second kappa shape index (κ2) is 5.77. The van der Waals surface area contributed by atoms with Gasteiger partial charge in [0.2, 0.25) is 0 Å².